The molecule has 0 aliphatic rings. The second kappa shape index (κ2) is 7.04. The molecule has 0 atom stereocenters. The summed E-state index contributed by atoms with van der Waals surface area (Å²) in [6, 6.07) is 0.266. The van der Waals surface area contributed by atoms with Gasteiger partial charge in [-0.2, -0.15) is 0 Å². The lowest BCUT2D eigenvalue weighted by atomic mass is 10.2. The van der Waals surface area contributed by atoms with Crippen LogP contribution in [0.2, 0.25) is 0 Å². The Balaban J connectivity index is 2.01. The van der Waals surface area contributed by atoms with Gasteiger partial charge in [-0.1, -0.05) is 25.6 Å². The lowest BCUT2D eigenvalue weighted by Gasteiger charge is -2.15. The highest BCUT2D eigenvalue weighted by Gasteiger charge is 2.18. The van der Waals surface area contributed by atoms with Crippen molar-refractivity contribution in [3.8, 4) is 0 Å². The van der Waals surface area contributed by atoms with Gasteiger partial charge < -0.3 is 9.88 Å². The molecule has 0 aromatic carbocycles. The van der Waals surface area contributed by atoms with Gasteiger partial charge in [0.2, 0.25) is 5.91 Å². The molecule has 21 heavy (non-hydrogen) atoms. The standard InChI is InChI=1S/C13H19N5OS2/c1-8(2)11-16-17-13(18(11)9(3)4)21-7-10(19)15-12-14-5-6-20-12/h5-6,8-9H,7H2,1-4H3,(H,14,15,19). The summed E-state index contributed by atoms with van der Waals surface area (Å²) in [5.74, 6) is 1.47. The quantitative estimate of drug-likeness (QED) is 0.826. The Morgan fingerprint density at radius 1 is 1.38 bits per heavy atom. The molecule has 8 heteroatoms. The van der Waals surface area contributed by atoms with Crippen molar-refractivity contribution in [1.82, 2.24) is 19.7 Å². The van der Waals surface area contributed by atoms with Gasteiger partial charge in [-0.25, -0.2) is 4.98 Å². The van der Waals surface area contributed by atoms with Gasteiger partial charge in [0.05, 0.1) is 5.75 Å². The van der Waals surface area contributed by atoms with Crippen LogP contribution in [0.4, 0.5) is 5.13 Å². The largest absolute Gasteiger partial charge is 0.303 e. The summed E-state index contributed by atoms with van der Waals surface area (Å²) < 4.78 is 2.09. The van der Waals surface area contributed by atoms with E-state index in [1.807, 2.05) is 5.38 Å². The van der Waals surface area contributed by atoms with Crippen LogP contribution in [0.25, 0.3) is 0 Å². The number of amides is 1. The molecule has 0 spiro atoms. The zero-order chi connectivity index (χ0) is 15.4. The lowest BCUT2D eigenvalue weighted by Crippen LogP contribution is -2.15. The third-order valence-electron chi connectivity index (χ3n) is 2.73. The van der Waals surface area contributed by atoms with E-state index in [0.717, 1.165) is 11.0 Å². The zero-order valence-corrected chi connectivity index (χ0v) is 14.2. The van der Waals surface area contributed by atoms with Crippen LogP contribution in [-0.4, -0.2) is 31.4 Å². The van der Waals surface area contributed by atoms with Gasteiger partial charge in [-0.15, -0.1) is 21.5 Å². The Labute approximate surface area is 132 Å². The Morgan fingerprint density at radius 2 is 2.14 bits per heavy atom. The smallest absolute Gasteiger partial charge is 0.236 e. The molecule has 2 rings (SSSR count). The van der Waals surface area contributed by atoms with Gasteiger partial charge in [0.15, 0.2) is 10.3 Å². The molecular formula is C13H19N5OS2. The second-order valence-electron chi connectivity index (χ2n) is 5.13. The Hall–Kier alpha value is -1.41. The molecule has 2 heterocycles. The van der Waals surface area contributed by atoms with E-state index in [9.17, 15) is 4.79 Å². The summed E-state index contributed by atoms with van der Waals surface area (Å²) in [5.41, 5.74) is 0. The third-order valence-corrected chi connectivity index (χ3v) is 4.37. The highest BCUT2D eigenvalue weighted by atomic mass is 32.2. The van der Waals surface area contributed by atoms with E-state index in [0.29, 0.717) is 16.8 Å². The van der Waals surface area contributed by atoms with Crippen LogP contribution in [0.15, 0.2) is 16.7 Å². The number of thioether (sulfide) groups is 1. The van der Waals surface area contributed by atoms with E-state index in [1.54, 1.807) is 6.20 Å². The Morgan fingerprint density at radius 3 is 2.71 bits per heavy atom. The molecule has 114 valence electrons. The van der Waals surface area contributed by atoms with Gasteiger partial charge in [0.1, 0.15) is 5.82 Å². The van der Waals surface area contributed by atoms with Crippen LogP contribution in [0.1, 0.15) is 45.5 Å². The Bertz CT molecular complexity index is 592. The fourth-order valence-electron chi connectivity index (χ4n) is 1.84. The van der Waals surface area contributed by atoms with E-state index < -0.39 is 0 Å². The van der Waals surface area contributed by atoms with Crippen molar-refractivity contribution in [3.05, 3.63) is 17.4 Å². The molecule has 0 saturated carbocycles. The minimum Gasteiger partial charge on any atom is -0.303 e. The number of hydrogen-bond donors (Lipinski definition) is 1. The Kier molecular flexibility index (Phi) is 5.35. The molecular weight excluding hydrogens is 306 g/mol. The highest BCUT2D eigenvalue weighted by molar-refractivity contribution is 7.99. The monoisotopic (exact) mass is 325 g/mol. The average molecular weight is 325 g/mol. The number of carbonyl (C=O) groups excluding carboxylic acids is 1. The number of nitrogens with one attached hydrogen (secondary N) is 1. The number of anilines is 1. The van der Waals surface area contributed by atoms with Crippen molar-refractivity contribution in [2.24, 2.45) is 0 Å². The maximum Gasteiger partial charge on any atom is 0.236 e. The summed E-state index contributed by atoms with van der Waals surface area (Å²) in [4.78, 5) is 15.9. The normalized spacial score (nSPS) is 11.3. The highest BCUT2D eigenvalue weighted by Crippen LogP contribution is 2.25. The molecule has 0 aliphatic heterocycles. The van der Waals surface area contributed by atoms with E-state index in [-0.39, 0.29) is 11.9 Å². The van der Waals surface area contributed by atoms with E-state index >= 15 is 0 Å². The second-order valence-corrected chi connectivity index (χ2v) is 6.97. The van der Waals surface area contributed by atoms with Crippen LogP contribution in [0.3, 0.4) is 0 Å². The van der Waals surface area contributed by atoms with Crippen molar-refractivity contribution < 1.29 is 4.79 Å². The molecule has 2 aromatic heterocycles. The van der Waals surface area contributed by atoms with Gasteiger partial charge >= 0.3 is 0 Å². The summed E-state index contributed by atoms with van der Waals surface area (Å²) in [6.07, 6.45) is 1.66. The molecule has 0 aliphatic carbocycles. The first-order valence-electron chi connectivity index (χ1n) is 6.76. The minimum absolute atomic E-state index is 0.0839. The summed E-state index contributed by atoms with van der Waals surface area (Å²) in [6.45, 7) is 8.36. The fraction of sp³-hybridized carbons (Fsp3) is 0.538. The van der Waals surface area contributed by atoms with Crippen molar-refractivity contribution in [3.63, 3.8) is 0 Å². The summed E-state index contributed by atoms with van der Waals surface area (Å²) in [7, 11) is 0. The van der Waals surface area contributed by atoms with Crippen molar-refractivity contribution in [2.75, 3.05) is 11.1 Å². The van der Waals surface area contributed by atoms with Crippen molar-refractivity contribution in [1.29, 1.82) is 0 Å². The van der Waals surface area contributed by atoms with E-state index in [2.05, 4.69) is 52.8 Å². The minimum atomic E-state index is -0.0839. The predicted molar refractivity (Wildman–Crippen MR) is 86.0 cm³/mol. The number of carbonyl (C=O) groups is 1. The van der Waals surface area contributed by atoms with E-state index in [4.69, 9.17) is 0 Å². The SMILES string of the molecule is CC(C)c1nnc(SCC(=O)Nc2nccs2)n1C(C)C. The molecule has 1 amide bonds. The van der Waals surface area contributed by atoms with E-state index in [1.165, 1.54) is 23.1 Å². The molecule has 1 N–H and O–H groups in total. The van der Waals surface area contributed by atoms with Gasteiger partial charge in [0, 0.05) is 23.5 Å². The van der Waals surface area contributed by atoms with Crippen LogP contribution in [-0.2, 0) is 4.79 Å². The first kappa shape index (κ1) is 16.0. The first-order chi connectivity index (χ1) is 9.99. The molecule has 0 saturated heterocycles. The zero-order valence-electron chi connectivity index (χ0n) is 12.5. The predicted octanol–water partition coefficient (Wildman–Crippen LogP) is 3.17. The van der Waals surface area contributed by atoms with Gasteiger partial charge in [0.25, 0.3) is 0 Å². The number of nitrogens with zero attached hydrogens (tertiary/aromatic N) is 4. The summed E-state index contributed by atoms with van der Waals surface area (Å²) >= 11 is 2.80. The molecule has 0 radical (unpaired) electrons. The lowest BCUT2D eigenvalue weighted by molar-refractivity contribution is -0.113. The van der Waals surface area contributed by atoms with Crippen LogP contribution in [0, 0.1) is 0 Å². The first-order valence-corrected chi connectivity index (χ1v) is 8.62. The fourth-order valence-corrected chi connectivity index (χ4v) is 3.26. The number of aromatic nitrogens is 4. The molecule has 6 nitrogen and oxygen atoms in total. The summed E-state index contributed by atoms with van der Waals surface area (Å²) in [5, 5.41) is 14.4. The maximum absolute atomic E-state index is 11.9. The number of rotatable bonds is 6. The van der Waals surface area contributed by atoms with Gasteiger partial charge in [-0.3, -0.25) is 4.79 Å². The molecule has 0 fully saturated rings. The number of thiazole rings is 1. The maximum atomic E-state index is 11.9. The average Bonchev–Trinajstić information content (AvgIpc) is 3.04. The molecule has 0 unspecified atom stereocenters. The molecule has 2 aromatic rings. The molecule has 0 bridgehead atoms. The van der Waals surface area contributed by atoms with Crippen molar-refractivity contribution >= 4 is 34.1 Å². The number of hydrogen-bond acceptors (Lipinski definition) is 6. The van der Waals surface area contributed by atoms with Gasteiger partial charge in [-0.05, 0) is 13.8 Å². The van der Waals surface area contributed by atoms with Crippen molar-refractivity contribution in [2.45, 2.75) is 44.8 Å². The van der Waals surface area contributed by atoms with Crippen LogP contribution >= 0.6 is 23.1 Å². The topological polar surface area (TPSA) is 72.7 Å². The van der Waals surface area contributed by atoms with Crippen LogP contribution in [0.5, 0.6) is 0 Å². The third kappa shape index (κ3) is 4.04. The van der Waals surface area contributed by atoms with Crippen LogP contribution < -0.4 is 5.32 Å².